The summed E-state index contributed by atoms with van der Waals surface area (Å²) >= 11 is 0. The van der Waals surface area contributed by atoms with E-state index in [1.165, 1.54) is 103 Å². The first-order valence-corrected chi connectivity index (χ1v) is 19.2. The van der Waals surface area contributed by atoms with Gasteiger partial charge in [-0.25, -0.2) is 0 Å². The second-order valence-corrected chi connectivity index (χ2v) is 12.7. The third-order valence-electron chi connectivity index (χ3n) is 8.13. The number of ether oxygens (including phenoxy) is 2. The molecule has 0 spiro atoms. The van der Waals surface area contributed by atoms with Crippen LogP contribution in [0.5, 0.6) is 0 Å². The molecule has 266 valence electrons. The fourth-order valence-electron chi connectivity index (χ4n) is 5.19. The van der Waals surface area contributed by atoms with Crippen LogP contribution in [0.2, 0.25) is 0 Å². The first kappa shape index (κ1) is 43.9. The van der Waals surface area contributed by atoms with Crippen LogP contribution < -0.4 is 0 Å². The standard InChI is InChI=1S/C41H72O5/c1-3-5-7-9-11-13-15-17-19-20-22-24-26-28-30-32-34-36-41(44)46-39(37-42)38-45-40(43)35-33-31-29-27-25-23-21-18-16-14-12-10-8-6-4-2/h11,13,17,19,22,24,28,30,39,42H,3-10,12,14-16,18,20-21,23,25-27,29,31-38H2,1-2H3/b13-11+,19-17+,24-22-,30-28-/t39-/m0/s1. The first-order valence-electron chi connectivity index (χ1n) is 19.2. The molecule has 0 aliphatic heterocycles. The fourth-order valence-corrected chi connectivity index (χ4v) is 5.19. The maximum absolute atomic E-state index is 12.1. The Morgan fingerprint density at radius 3 is 1.37 bits per heavy atom. The number of rotatable bonds is 34. The van der Waals surface area contributed by atoms with Crippen LogP contribution in [0.15, 0.2) is 48.6 Å². The molecular formula is C41H72O5. The van der Waals surface area contributed by atoms with Gasteiger partial charge in [0.1, 0.15) is 6.61 Å². The minimum Gasteiger partial charge on any atom is -0.462 e. The smallest absolute Gasteiger partial charge is 0.306 e. The number of aliphatic hydroxyl groups is 1. The molecule has 1 N–H and O–H groups in total. The van der Waals surface area contributed by atoms with Crippen LogP contribution in [0.4, 0.5) is 0 Å². The number of hydrogen-bond donors (Lipinski definition) is 1. The molecule has 0 unspecified atom stereocenters. The third kappa shape index (κ3) is 34.7. The van der Waals surface area contributed by atoms with E-state index in [1.54, 1.807) is 0 Å². The summed E-state index contributed by atoms with van der Waals surface area (Å²) in [6.07, 6.45) is 46.0. The highest BCUT2D eigenvalue weighted by Crippen LogP contribution is 2.14. The van der Waals surface area contributed by atoms with Crippen molar-refractivity contribution >= 4 is 11.9 Å². The van der Waals surface area contributed by atoms with Gasteiger partial charge in [-0.2, -0.15) is 0 Å². The molecule has 1 atom stereocenters. The number of allylic oxidation sites excluding steroid dienone is 8. The van der Waals surface area contributed by atoms with Crippen LogP contribution in [0.25, 0.3) is 0 Å². The predicted octanol–water partition coefficient (Wildman–Crippen LogP) is 11.8. The molecule has 0 saturated carbocycles. The average molecular weight is 645 g/mol. The minimum atomic E-state index is -0.797. The molecule has 0 aromatic heterocycles. The summed E-state index contributed by atoms with van der Waals surface area (Å²) in [6, 6.07) is 0. The lowest BCUT2D eigenvalue weighted by Gasteiger charge is -2.15. The van der Waals surface area contributed by atoms with E-state index in [1.807, 2.05) is 0 Å². The second-order valence-electron chi connectivity index (χ2n) is 12.7. The number of hydrogen-bond acceptors (Lipinski definition) is 5. The maximum Gasteiger partial charge on any atom is 0.306 e. The lowest BCUT2D eigenvalue weighted by atomic mass is 10.0. The van der Waals surface area contributed by atoms with E-state index in [2.05, 4.69) is 62.5 Å². The van der Waals surface area contributed by atoms with Crippen molar-refractivity contribution in [2.45, 2.75) is 187 Å². The number of carbonyl (C=O) groups is 2. The molecule has 0 radical (unpaired) electrons. The van der Waals surface area contributed by atoms with E-state index in [4.69, 9.17) is 9.47 Å². The normalized spacial score (nSPS) is 12.7. The Morgan fingerprint density at radius 2 is 0.891 bits per heavy atom. The Bertz CT molecular complexity index is 782. The summed E-state index contributed by atoms with van der Waals surface area (Å²) in [5.41, 5.74) is 0. The van der Waals surface area contributed by atoms with Crippen LogP contribution in [0.1, 0.15) is 181 Å². The van der Waals surface area contributed by atoms with E-state index >= 15 is 0 Å². The summed E-state index contributed by atoms with van der Waals surface area (Å²) in [5, 5.41) is 9.53. The van der Waals surface area contributed by atoms with Gasteiger partial charge in [-0.05, 0) is 51.4 Å². The van der Waals surface area contributed by atoms with Gasteiger partial charge >= 0.3 is 11.9 Å². The van der Waals surface area contributed by atoms with Crippen molar-refractivity contribution in [2.75, 3.05) is 13.2 Å². The van der Waals surface area contributed by atoms with Gasteiger partial charge in [0.2, 0.25) is 0 Å². The third-order valence-corrected chi connectivity index (χ3v) is 8.13. The Balaban J connectivity index is 3.66. The minimum absolute atomic E-state index is 0.0863. The van der Waals surface area contributed by atoms with Gasteiger partial charge in [0.25, 0.3) is 0 Å². The van der Waals surface area contributed by atoms with Crippen LogP contribution in [-0.4, -0.2) is 36.4 Å². The van der Waals surface area contributed by atoms with Gasteiger partial charge in [-0.15, -0.1) is 0 Å². The van der Waals surface area contributed by atoms with Crippen LogP contribution in [-0.2, 0) is 19.1 Å². The van der Waals surface area contributed by atoms with Crippen molar-refractivity contribution in [1.29, 1.82) is 0 Å². The van der Waals surface area contributed by atoms with Crippen molar-refractivity contribution in [1.82, 2.24) is 0 Å². The molecule has 0 aromatic rings. The van der Waals surface area contributed by atoms with Gasteiger partial charge in [0, 0.05) is 12.8 Å². The van der Waals surface area contributed by atoms with Crippen molar-refractivity contribution < 1.29 is 24.2 Å². The quantitative estimate of drug-likeness (QED) is 0.0429. The molecule has 0 fully saturated rings. The molecule has 0 bridgehead atoms. The molecular weight excluding hydrogens is 572 g/mol. The van der Waals surface area contributed by atoms with Crippen molar-refractivity contribution in [2.24, 2.45) is 0 Å². The van der Waals surface area contributed by atoms with Crippen LogP contribution in [0, 0.1) is 0 Å². The van der Waals surface area contributed by atoms with Crippen LogP contribution in [0.3, 0.4) is 0 Å². The summed E-state index contributed by atoms with van der Waals surface area (Å²) in [7, 11) is 0. The number of unbranched alkanes of at least 4 members (excludes halogenated alkanes) is 18. The molecule has 0 heterocycles. The number of carbonyl (C=O) groups excluding carboxylic acids is 2. The van der Waals surface area contributed by atoms with Gasteiger partial charge in [0.15, 0.2) is 6.10 Å². The topological polar surface area (TPSA) is 72.8 Å². The highest BCUT2D eigenvalue weighted by atomic mass is 16.6. The zero-order chi connectivity index (χ0) is 33.6. The molecule has 0 rings (SSSR count). The molecule has 0 aromatic carbocycles. The van der Waals surface area contributed by atoms with E-state index in [0.717, 1.165) is 44.9 Å². The summed E-state index contributed by atoms with van der Waals surface area (Å²) < 4.78 is 10.6. The first-order chi connectivity index (χ1) is 22.6. The van der Waals surface area contributed by atoms with Crippen molar-refractivity contribution in [3.8, 4) is 0 Å². The monoisotopic (exact) mass is 645 g/mol. The summed E-state index contributed by atoms with van der Waals surface area (Å²) in [6.45, 7) is 4.06. The molecule has 0 amide bonds. The molecule has 46 heavy (non-hydrogen) atoms. The lowest BCUT2D eigenvalue weighted by molar-refractivity contribution is -0.161. The van der Waals surface area contributed by atoms with E-state index in [-0.39, 0.29) is 31.6 Å². The molecule has 5 nitrogen and oxygen atoms in total. The SMILES string of the molecule is CCCCC/C=C/C/C=C/C/C=C\C/C=C\CCCC(=O)O[C@@H](CO)COC(=O)CCCCCCCCCCCCCCCCC. The number of esters is 2. The zero-order valence-electron chi connectivity index (χ0n) is 30.1. The largest absolute Gasteiger partial charge is 0.462 e. The van der Waals surface area contributed by atoms with E-state index in [9.17, 15) is 14.7 Å². The van der Waals surface area contributed by atoms with Crippen molar-refractivity contribution in [3.63, 3.8) is 0 Å². The Kier molecular flexibility index (Phi) is 35.6. The molecule has 0 aliphatic carbocycles. The van der Waals surface area contributed by atoms with Gasteiger partial charge in [0.05, 0.1) is 6.61 Å². The van der Waals surface area contributed by atoms with Gasteiger partial charge < -0.3 is 14.6 Å². The molecule has 0 aliphatic rings. The van der Waals surface area contributed by atoms with E-state index < -0.39 is 6.10 Å². The highest BCUT2D eigenvalue weighted by Gasteiger charge is 2.15. The Morgan fingerprint density at radius 1 is 0.500 bits per heavy atom. The Hall–Kier alpha value is -2.14. The Labute approximate surface area is 284 Å². The van der Waals surface area contributed by atoms with Gasteiger partial charge in [-0.3, -0.25) is 9.59 Å². The van der Waals surface area contributed by atoms with Crippen LogP contribution >= 0.6 is 0 Å². The van der Waals surface area contributed by atoms with E-state index in [0.29, 0.717) is 12.8 Å². The second kappa shape index (κ2) is 37.3. The predicted molar refractivity (Wildman–Crippen MR) is 196 cm³/mol. The highest BCUT2D eigenvalue weighted by molar-refractivity contribution is 5.70. The summed E-state index contributed by atoms with van der Waals surface area (Å²) in [4.78, 5) is 24.2. The summed E-state index contributed by atoms with van der Waals surface area (Å²) in [5.74, 6) is -0.655. The van der Waals surface area contributed by atoms with Gasteiger partial charge in [-0.1, -0.05) is 165 Å². The molecule has 5 heteroatoms. The zero-order valence-corrected chi connectivity index (χ0v) is 30.1. The molecule has 0 saturated heterocycles. The van der Waals surface area contributed by atoms with Crippen molar-refractivity contribution in [3.05, 3.63) is 48.6 Å². The maximum atomic E-state index is 12.1. The number of aliphatic hydroxyl groups excluding tert-OH is 1. The lowest BCUT2D eigenvalue weighted by Crippen LogP contribution is -2.28. The average Bonchev–Trinajstić information content (AvgIpc) is 3.06. The fraction of sp³-hybridized carbons (Fsp3) is 0.756.